The lowest BCUT2D eigenvalue weighted by Crippen LogP contribution is -1.92. The number of aryl methyl sites for hydroxylation is 1. The molecule has 0 spiro atoms. The van der Waals surface area contributed by atoms with Crippen molar-refractivity contribution in [2.45, 2.75) is 26.7 Å². The monoisotopic (exact) mass is 217 g/mol. The normalized spacial score (nSPS) is 10.9. The van der Waals surface area contributed by atoms with Crippen molar-refractivity contribution >= 4 is 11.3 Å². The zero-order valence-electron chi connectivity index (χ0n) is 9.32. The summed E-state index contributed by atoms with van der Waals surface area (Å²) in [4.78, 5) is 5.56. The van der Waals surface area contributed by atoms with Crippen molar-refractivity contribution in [1.82, 2.24) is 4.98 Å². The van der Waals surface area contributed by atoms with Crippen molar-refractivity contribution in [3.05, 3.63) is 40.3 Å². The van der Waals surface area contributed by atoms with Gasteiger partial charge in [0, 0.05) is 17.3 Å². The minimum Gasteiger partial charge on any atom is -0.264 e. The van der Waals surface area contributed by atoms with E-state index in [0.717, 1.165) is 0 Å². The molecule has 2 aromatic rings. The van der Waals surface area contributed by atoms with Gasteiger partial charge in [-0.1, -0.05) is 13.8 Å². The highest BCUT2D eigenvalue weighted by Crippen LogP contribution is 2.31. The van der Waals surface area contributed by atoms with E-state index < -0.39 is 0 Å². The average Bonchev–Trinajstić information content (AvgIpc) is 2.65. The molecule has 1 nitrogen and oxygen atoms in total. The zero-order chi connectivity index (χ0) is 10.8. The van der Waals surface area contributed by atoms with Crippen LogP contribution in [-0.2, 0) is 0 Å². The molecular formula is C13H15NS. The van der Waals surface area contributed by atoms with Crippen LogP contribution in [0.2, 0.25) is 0 Å². The molecule has 0 aromatic carbocycles. The van der Waals surface area contributed by atoms with Gasteiger partial charge in [-0.25, -0.2) is 0 Å². The van der Waals surface area contributed by atoms with E-state index in [1.807, 2.05) is 12.4 Å². The summed E-state index contributed by atoms with van der Waals surface area (Å²) in [6.07, 6.45) is 3.85. The Balaban J connectivity index is 2.52. The van der Waals surface area contributed by atoms with Crippen LogP contribution < -0.4 is 0 Å². The van der Waals surface area contributed by atoms with Gasteiger partial charge in [-0.05, 0) is 47.0 Å². The maximum absolute atomic E-state index is 4.20. The van der Waals surface area contributed by atoms with Crippen LogP contribution in [0.4, 0.5) is 0 Å². The first-order valence-electron chi connectivity index (χ1n) is 5.18. The highest BCUT2D eigenvalue weighted by molar-refractivity contribution is 7.10. The summed E-state index contributed by atoms with van der Waals surface area (Å²) in [5, 5.41) is 2.22. The summed E-state index contributed by atoms with van der Waals surface area (Å²) >= 11 is 1.80. The molecule has 0 amide bonds. The van der Waals surface area contributed by atoms with E-state index in [1.54, 1.807) is 11.3 Å². The Morgan fingerprint density at radius 3 is 2.73 bits per heavy atom. The highest BCUT2D eigenvalue weighted by Gasteiger charge is 2.09. The van der Waals surface area contributed by atoms with E-state index in [9.17, 15) is 0 Å². The molecule has 0 saturated carbocycles. The Bertz CT molecular complexity index is 457. The van der Waals surface area contributed by atoms with Gasteiger partial charge in [0.2, 0.25) is 0 Å². The Labute approximate surface area is 94.8 Å². The summed E-state index contributed by atoms with van der Waals surface area (Å²) in [6.45, 7) is 6.56. The SMILES string of the molecule is Cc1cc(-c2ccncc2C(C)C)cs1. The van der Waals surface area contributed by atoms with Crippen LogP contribution in [0.15, 0.2) is 29.9 Å². The van der Waals surface area contributed by atoms with Crippen molar-refractivity contribution in [1.29, 1.82) is 0 Å². The molecule has 2 rings (SSSR count). The predicted molar refractivity (Wildman–Crippen MR) is 66.4 cm³/mol. The van der Waals surface area contributed by atoms with Crippen molar-refractivity contribution in [2.24, 2.45) is 0 Å². The standard InChI is InChI=1S/C13H15NS/c1-9(2)13-7-14-5-4-12(13)11-6-10(3)15-8-11/h4-9H,1-3H3. The third-order valence-corrected chi connectivity index (χ3v) is 3.38. The van der Waals surface area contributed by atoms with Gasteiger partial charge in [0.05, 0.1) is 0 Å². The lowest BCUT2D eigenvalue weighted by Gasteiger charge is -2.10. The van der Waals surface area contributed by atoms with Gasteiger partial charge in [0.1, 0.15) is 0 Å². The molecule has 0 atom stereocenters. The molecule has 78 valence electrons. The molecule has 15 heavy (non-hydrogen) atoms. The van der Waals surface area contributed by atoms with Crippen molar-refractivity contribution < 1.29 is 0 Å². The van der Waals surface area contributed by atoms with E-state index in [-0.39, 0.29) is 0 Å². The minimum atomic E-state index is 0.522. The lowest BCUT2D eigenvalue weighted by atomic mass is 9.96. The first-order valence-corrected chi connectivity index (χ1v) is 6.06. The zero-order valence-corrected chi connectivity index (χ0v) is 10.1. The van der Waals surface area contributed by atoms with Crippen LogP contribution in [0, 0.1) is 6.92 Å². The summed E-state index contributed by atoms with van der Waals surface area (Å²) in [5.41, 5.74) is 3.98. The summed E-state index contributed by atoms with van der Waals surface area (Å²) in [7, 11) is 0. The largest absolute Gasteiger partial charge is 0.264 e. The predicted octanol–water partition coefficient (Wildman–Crippen LogP) is 4.24. The first kappa shape index (κ1) is 10.4. The van der Waals surface area contributed by atoms with Crippen molar-refractivity contribution in [3.63, 3.8) is 0 Å². The molecule has 0 aliphatic rings. The number of pyridine rings is 1. The molecule has 0 unspecified atom stereocenters. The molecule has 2 aromatic heterocycles. The van der Waals surface area contributed by atoms with E-state index in [1.165, 1.54) is 21.6 Å². The molecule has 0 aliphatic heterocycles. The fourth-order valence-electron chi connectivity index (χ4n) is 1.71. The molecule has 0 radical (unpaired) electrons. The van der Waals surface area contributed by atoms with Crippen LogP contribution in [0.1, 0.15) is 30.2 Å². The van der Waals surface area contributed by atoms with E-state index in [2.05, 4.69) is 43.3 Å². The summed E-state index contributed by atoms with van der Waals surface area (Å²) < 4.78 is 0. The maximum atomic E-state index is 4.20. The fraction of sp³-hybridized carbons (Fsp3) is 0.308. The molecule has 0 saturated heterocycles. The van der Waals surface area contributed by atoms with Crippen LogP contribution in [0.25, 0.3) is 11.1 Å². The molecule has 0 fully saturated rings. The third kappa shape index (κ3) is 2.10. The molecule has 0 N–H and O–H groups in total. The van der Waals surface area contributed by atoms with Gasteiger partial charge in [-0.3, -0.25) is 4.98 Å². The number of hydrogen-bond donors (Lipinski definition) is 0. The van der Waals surface area contributed by atoms with Gasteiger partial charge in [-0.15, -0.1) is 11.3 Å². The van der Waals surface area contributed by atoms with Gasteiger partial charge in [-0.2, -0.15) is 0 Å². The summed E-state index contributed by atoms with van der Waals surface area (Å²) in [6, 6.07) is 4.35. The smallest absolute Gasteiger partial charge is 0.0308 e. The first-order chi connectivity index (χ1) is 7.18. The molecule has 0 bridgehead atoms. The second-order valence-corrected chi connectivity index (χ2v) is 5.18. The number of rotatable bonds is 2. The molecule has 2 heterocycles. The number of nitrogens with zero attached hydrogens (tertiary/aromatic N) is 1. The van der Waals surface area contributed by atoms with E-state index >= 15 is 0 Å². The quantitative estimate of drug-likeness (QED) is 0.733. The van der Waals surface area contributed by atoms with Crippen LogP contribution in [0.5, 0.6) is 0 Å². The Hall–Kier alpha value is -1.15. The van der Waals surface area contributed by atoms with Crippen LogP contribution in [0.3, 0.4) is 0 Å². The Morgan fingerprint density at radius 2 is 2.13 bits per heavy atom. The topological polar surface area (TPSA) is 12.9 Å². The van der Waals surface area contributed by atoms with Crippen LogP contribution >= 0.6 is 11.3 Å². The van der Waals surface area contributed by atoms with E-state index in [4.69, 9.17) is 0 Å². The molecule has 2 heteroatoms. The van der Waals surface area contributed by atoms with Crippen molar-refractivity contribution in [3.8, 4) is 11.1 Å². The van der Waals surface area contributed by atoms with Gasteiger partial charge in [0.15, 0.2) is 0 Å². The second-order valence-electron chi connectivity index (χ2n) is 4.06. The summed E-state index contributed by atoms with van der Waals surface area (Å²) in [5.74, 6) is 0.522. The maximum Gasteiger partial charge on any atom is 0.0308 e. The highest BCUT2D eigenvalue weighted by atomic mass is 32.1. The number of hydrogen-bond acceptors (Lipinski definition) is 2. The van der Waals surface area contributed by atoms with Gasteiger partial charge >= 0.3 is 0 Å². The Kier molecular flexibility index (Phi) is 2.87. The van der Waals surface area contributed by atoms with Crippen LogP contribution in [-0.4, -0.2) is 4.98 Å². The van der Waals surface area contributed by atoms with Crippen molar-refractivity contribution in [2.75, 3.05) is 0 Å². The van der Waals surface area contributed by atoms with Gasteiger partial charge < -0.3 is 0 Å². The number of thiophene rings is 1. The average molecular weight is 217 g/mol. The molecule has 0 aliphatic carbocycles. The Morgan fingerprint density at radius 1 is 1.33 bits per heavy atom. The third-order valence-electron chi connectivity index (χ3n) is 2.52. The number of aromatic nitrogens is 1. The molecular weight excluding hydrogens is 202 g/mol. The second kappa shape index (κ2) is 4.15. The fourth-order valence-corrected chi connectivity index (χ4v) is 2.42. The van der Waals surface area contributed by atoms with Gasteiger partial charge in [0.25, 0.3) is 0 Å². The van der Waals surface area contributed by atoms with E-state index in [0.29, 0.717) is 5.92 Å². The minimum absolute atomic E-state index is 0.522. The lowest BCUT2D eigenvalue weighted by molar-refractivity contribution is 0.861.